The van der Waals surface area contributed by atoms with Crippen molar-refractivity contribution in [2.24, 2.45) is 0 Å². The molecule has 1 aromatic carbocycles. The third-order valence-electron chi connectivity index (χ3n) is 3.64. The quantitative estimate of drug-likeness (QED) is 0.836. The van der Waals surface area contributed by atoms with Crippen molar-refractivity contribution in [3.8, 4) is 11.3 Å². The van der Waals surface area contributed by atoms with E-state index in [2.05, 4.69) is 14.9 Å². The molecule has 104 valence electrons. The first-order valence-electron chi connectivity index (χ1n) is 7.09. The van der Waals surface area contributed by atoms with Gasteiger partial charge in [-0.1, -0.05) is 0 Å². The number of benzene rings is 1. The van der Waals surface area contributed by atoms with Crippen molar-refractivity contribution in [3.63, 3.8) is 0 Å². The summed E-state index contributed by atoms with van der Waals surface area (Å²) in [5, 5.41) is 0. The highest BCUT2D eigenvalue weighted by molar-refractivity contribution is 5.63. The highest BCUT2D eigenvalue weighted by atomic mass is 19.1. The minimum absolute atomic E-state index is 0.226. The van der Waals surface area contributed by atoms with Crippen LogP contribution < -0.4 is 4.90 Å². The lowest BCUT2D eigenvalue weighted by atomic mass is 10.1. The summed E-state index contributed by atoms with van der Waals surface area (Å²) in [6.45, 7) is 4.01. The average Bonchev–Trinajstić information content (AvgIpc) is 2.48. The monoisotopic (exact) mass is 271 g/mol. The molecule has 0 amide bonds. The Kier molecular flexibility index (Phi) is 3.63. The van der Waals surface area contributed by atoms with E-state index in [1.165, 1.54) is 31.4 Å². The summed E-state index contributed by atoms with van der Waals surface area (Å²) in [5.74, 6) is 1.51. The van der Waals surface area contributed by atoms with Crippen LogP contribution in [0.4, 0.5) is 10.2 Å². The molecule has 1 saturated heterocycles. The molecule has 3 nitrogen and oxygen atoms in total. The van der Waals surface area contributed by atoms with Crippen molar-refractivity contribution in [2.75, 3.05) is 18.0 Å². The first-order valence-corrected chi connectivity index (χ1v) is 7.09. The van der Waals surface area contributed by atoms with E-state index in [9.17, 15) is 4.39 Å². The van der Waals surface area contributed by atoms with Crippen LogP contribution in [0.3, 0.4) is 0 Å². The number of hydrogen-bond donors (Lipinski definition) is 0. The summed E-state index contributed by atoms with van der Waals surface area (Å²) in [5.41, 5.74) is 1.79. The van der Waals surface area contributed by atoms with E-state index in [4.69, 9.17) is 0 Å². The molecule has 3 rings (SSSR count). The fourth-order valence-electron chi connectivity index (χ4n) is 2.61. The smallest absolute Gasteiger partial charge is 0.132 e. The van der Waals surface area contributed by atoms with Crippen molar-refractivity contribution in [2.45, 2.75) is 26.2 Å². The lowest BCUT2D eigenvalue weighted by Gasteiger charge is -2.28. The molecule has 1 fully saturated rings. The summed E-state index contributed by atoms with van der Waals surface area (Å²) in [6, 6.07) is 8.46. The molecule has 1 aromatic heterocycles. The van der Waals surface area contributed by atoms with Gasteiger partial charge in [-0.25, -0.2) is 14.4 Å². The number of halogens is 1. The van der Waals surface area contributed by atoms with Gasteiger partial charge in [0.25, 0.3) is 0 Å². The molecule has 0 aliphatic carbocycles. The molecule has 1 aliphatic rings. The number of rotatable bonds is 2. The van der Waals surface area contributed by atoms with Crippen LogP contribution in [0.5, 0.6) is 0 Å². The molecule has 2 aromatic rings. The molecule has 0 unspecified atom stereocenters. The Hall–Kier alpha value is -1.97. The topological polar surface area (TPSA) is 29.0 Å². The number of aryl methyl sites for hydroxylation is 1. The van der Waals surface area contributed by atoms with E-state index in [1.807, 2.05) is 13.0 Å². The molecule has 0 N–H and O–H groups in total. The van der Waals surface area contributed by atoms with Crippen molar-refractivity contribution in [3.05, 3.63) is 42.0 Å². The van der Waals surface area contributed by atoms with Crippen molar-refractivity contribution in [1.82, 2.24) is 9.97 Å². The SMILES string of the molecule is Cc1nc(-c2ccc(F)cc2)cc(N2CCCCC2)n1. The van der Waals surface area contributed by atoms with Gasteiger partial charge in [0.05, 0.1) is 5.69 Å². The van der Waals surface area contributed by atoms with Gasteiger partial charge in [0.2, 0.25) is 0 Å². The Morgan fingerprint density at radius 1 is 1.00 bits per heavy atom. The zero-order valence-electron chi connectivity index (χ0n) is 11.6. The second kappa shape index (κ2) is 5.57. The number of hydrogen-bond acceptors (Lipinski definition) is 3. The number of anilines is 1. The van der Waals surface area contributed by atoms with Crippen LogP contribution in [0.25, 0.3) is 11.3 Å². The van der Waals surface area contributed by atoms with Gasteiger partial charge in [0.1, 0.15) is 17.5 Å². The van der Waals surface area contributed by atoms with Gasteiger partial charge in [0.15, 0.2) is 0 Å². The van der Waals surface area contributed by atoms with Crippen molar-refractivity contribution in [1.29, 1.82) is 0 Å². The summed E-state index contributed by atoms with van der Waals surface area (Å²) in [4.78, 5) is 11.3. The van der Waals surface area contributed by atoms with E-state index >= 15 is 0 Å². The van der Waals surface area contributed by atoms with Crippen LogP contribution in [-0.2, 0) is 0 Å². The van der Waals surface area contributed by atoms with Gasteiger partial charge in [-0.15, -0.1) is 0 Å². The van der Waals surface area contributed by atoms with Crippen LogP contribution in [0, 0.1) is 12.7 Å². The first kappa shape index (κ1) is 13.0. The number of aromatic nitrogens is 2. The van der Waals surface area contributed by atoms with Crippen LogP contribution >= 0.6 is 0 Å². The minimum Gasteiger partial charge on any atom is -0.356 e. The summed E-state index contributed by atoms with van der Waals surface area (Å²) in [6.07, 6.45) is 3.73. The standard InChI is InChI=1S/C16H18FN3/c1-12-18-15(13-5-7-14(17)8-6-13)11-16(19-12)20-9-3-2-4-10-20/h5-8,11H,2-4,9-10H2,1H3. The molecule has 0 radical (unpaired) electrons. The van der Waals surface area contributed by atoms with Crippen LogP contribution in [-0.4, -0.2) is 23.1 Å². The highest BCUT2D eigenvalue weighted by Gasteiger charge is 2.14. The Labute approximate surface area is 118 Å². The lowest BCUT2D eigenvalue weighted by Crippen LogP contribution is -2.30. The third-order valence-corrected chi connectivity index (χ3v) is 3.64. The summed E-state index contributed by atoms with van der Waals surface area (Å²) < 4.78 is 13.0. The van der Waals surface area contributed by atoms with Gasteiger partial charge < -0.3 is 4.90 Å². The van der Waals surface area contributed by atoms with Crippen molar-refractivity contribution >= 4 is 5.82 Å². The Balaban J connectivity index is 1.95. The summed E-state index contributed by atoms with van der Waals surface area (Å²) >= 11 is 0. The molecule has 0 bridgehead atoms. The van der Waals surface area contributed by atoms with Gasteiger partial charge in [-0.05, 0) is 50.5 Å². The van der Waals surface area contributed by atoms with E-state index in [0.717, 1.165) is 36.0 Å². The number of piperidine rings is 1. The van der Waals surface area contributed by atoms with E-state index < -0.39 is 0 Å². The fraction of sp³-hybridized carbons (Fsp3) is 0.375. The molecule has 0 spiro atoms. The third kappa shape index (κ3) is 2.79. The second-order valence-corrected chi connectivity index (χ2v) is 5.21. The Morgan fingerprint density at radius 2 is 1.70 bits per heavy atom. The first-order chi connectivity index (χ1) is 9.72. The maximum Gasteiger partial charge on any atom is 0.132 e. The van der Waals surface area contributed by atoms with Crippen molar-refractivity contribution < 1.29 is 4.39 Å². The summed E-state index contributed by atoms with van der Waals surface area (Å²) in [7, 11) is 0. The van der Waals surface area contributed by atoms with E-state index in [0.29, 0.717) is 0 Å². The van der Waals surface area contributed by atoms with E-state index in [1.54, 1.807) is 12.1 Å². The zero-order chi connectivity index (χ0) is 13.9. The largest absolute Gasteiger partial charge is 0.356 e. The molecule has 0 saturated carbocycles. The highest BCUT2D eigenvalue weighted by Crippen LogP contribution is 2.24. The van der Waals surface area contributed by atoms with Crippen LogP contribution in [0.1, 0.15) is 25.1 Å². The predicted molar refractivity (Wildman–Crippen MR) is 78.2 cm³/mol. The second-order valence-electron chi connectivity index (χ2n) is 5.21. The Bertz CT molecular complexity index is 589. The minimum atomic E-state index is -0.226. The molecular formula is C16H18FN3. The van der Waals surface area contributed by atoms with Crippen LogP contribution in [0.2, 0.25) is 0 Å². The molecule has 0 atom stereocenters. The van der Waals surface area contributed by atoms with Gasteiger partial charge in [-0.3, -0.25) is 0 Å². The molecule has 1 aliphatic heterocycles. The molecule has 20 heavy (non-hydrogen) atoms. The maximum atomic E-state index is 13.0. The normalized spacial score (nSPS) is 15.4. The number of nitrogens with zero attached hydrogens (tertiary/aromatic N) is 3. The fourth-order valence-corrected chi connectivity index (χ4v) is 2.61. The lowest BCUT2D eigenvalue weighted by molar-refractivity contribution is 0.572. The molecular weight excluding hydrogens is 253 g/mol. The zero-order valence-corrected chi connectivity index (χ0v) is 11.6. The predicted octanol–water partition coefficient (Wildman–Crippen LogP) is 3.58. The van der Waals surface area contributed by atoms with E-state index in [-0.39, 0.29) is 5.82 Å². The molecule has 2 heterocycles. The van der Waals surface area contributed by atoms with Crippen LogP contribution in [0.15, 0.2) is 30.3 Å². The Morgan fingerprint density at radius 3 is 2.40 bits per heavy atom. The maximum absolute atomic E-state index is 13.0. The molecule has 4 heteroatoms. The average molecular weight is 271 g/mol. The van der Waals surface area contributed by atoms with Gasteiger partial charge in [-0.2, -0.15) is 0 Å². The van der Waals surface area contributed by atoms with Gasteiger partial charge in [0, 0.05) is 24.7 Å². The van der Waals surface area contributed by atoms with Gasteiger partial charge >= 0.3 is 0 Å².